The summed E-state index contributed by atoms with van der Waals surface area (Å²) < 4.78 is 10.3. The van der Waals surface area contributed by atoms with E-state index in [-0.39, 0.29) is 25.2 Å². The summed E-state index contributed by atoms with van der Waals surface area (Å²) in [5, 5.41) is 10.0. The summed E-state index contributed by atoms with van der Waals surface area (Å²) in [6.45, 7) is 4.24. The number of esters is 2. The second kappa shape index (κ2) is 38.3. The number of rotatable bonds is 35. The fraction of sp³-hybridized carbons (Fsp3) is 0.762. The molecule has 0 fully saturated rings. The molecule has 0 aromatic carbocycles. The van der Waals surface area contributed by atoms with Gasteiger partial charge < -0.3 is 14.6 Å². The standard InChI is InChI=1S/C42H74O5/c1-3-5-7-9-11-13-15-17-19-21-23-25-27-29-31-33-35-37-42(45)47-39-40(43)38-46-41(44)36-34-32-30-28-26-24-22-20-18-16-14-12-10-8-6-4-2/h11,13-14,16-17,19-20,22,40,43H,3-10,12,15,18,21,23-39H2,1-2H3/b13-11-,16-14-,19-17-,22-20-/t40-/m1/s1. The van der Waals surface area contributed by atoms with Crippen LogP contribution in [0.15, 0.2) is 48.6 Å². The van der Waals surface area contributed by atoms with Crippen LogP contribution in [0.25, 0.3) is 0 Å². The van der Waals surface area contributed by atoms with Crippen LogP contribution in [-0.4, -0.2) is 36.4 Å². The van der Waals surface area contributed by atoms with Gasteiger partial charge in [0.05, 0.1) is 0 Å². The Bertz CT molecular complexity index is 797. The summed E-state index contributed by atoms with van der Waals surface area (Å²) in [5.74, 6) is -0.590. The summed E-state index contributed by atoms with van der Waals surface area (Å²) in [4.78, 5) is 23.9. The number of ether oxygens (including phenoxy) is 2. The van der Waals surface area contributed by atoms with Crippen LogP contribution in [0.2, 0.25) is 0 Å². The fourth-order valence-electron chi connectivity index (χ4n) is 5.26. The Labute approximate surface area is 290 Å². The summed E-state index contributed by atoms with van der Waals surface area (Å²) in [6, 6.07) is 0. The molecule has 1 N–H and O–H groups in total. The van der Waals surface area contributed by atoms with Crippen LogP contribution in [0, 0.1) is 0 Å². The van der Waals surface area contributed by atoms with E-state index in [0.29, 0.717) is 12.8 Å². The van der Waals surface area contributed by atoms with Crippen molar-refractivity contribution < 1.29 is 24.2 Å². The van der Waals surface area contributed by atoms with Crippen molar-refractivity contribution in [2.24, 2.45) is 0 Å². The van der Waals surface area contributed by atoms with E-state index in [1.54, 1.807) is 0 Å². The van der Waals surface area contributed by atoms with E-state index >= 15 is 0 Å². The zero-order chi connectivity index (χ0) is 34.3. The lowest BCUT2D eigenvalue weighted by atomic mass is 10.1. The average molecular weight is 659 g/mol. The Morgan fingerprint density at radius 2 is 0.745 bits per heavy atom. The van der Waals surface area contributed by atoms with Gasteiger partial charge in [-0.05, 0) is 77.0 Å². The van der Waals surface area contributed by atoms with Crippen molar-refractivity contribution in [2.75, 3.05) is 13.2 Å². The first-order chi connectivity index (χ1) is 23.1. The predicted octanol–water partition coefficient (Wildman–Crippen LogP) is 12.2. The Morgan fingerprint density at radius 3 is 1.13 bits per heavy atom. The predicted molar refractivity (Wildman–Crippen MR) is 200 cm³/mol. The lowest BCUT2D eigenvalue weighted by molar-refractivity contribution is -0.152. The molecule has 0 aromatic heterocycles. The number of aliphatic hydroxyl groups is 1. The first kappa shape index (κ1) is 44.9. The highest BCUT2D eigenvalue weighted by Gasteiger charge is 2.12. The van der Waals surface area contributed by atoms with E-state index in [0.717, 1.165) is 64.2 Å². The van der Waals surface area contributed by atoms with Crippen LogP contribution < -0.4 is 0 Å². The van der Waals surface area contributed by atoms with E-state index in [1.165, 1.54) is 96.3 Å². The molecule has 0 aliphatic carbocycles. The van der Waals surface area contributed by atoms with E-state index in [4.69, 9.17) is 9.47 Å². The van der Waals surface area contributed by atoms with Gasteiger partial charge in [-0.3, -0.25) is 9.59 Å². The highest BCUT2D eigenvalue weighted by molar-refractivity contribution is 5.69. The highest BCUT2D eigenvalue weighted by Crippen LogP contribution is 2.12. The molecule has 0 bridgehead atoms. The van der Waals surface area contributed by atoms with Gasteiger partial charge in [0.25, 0.3) is 0 Å². The van der Waals surface area contributed by atoms with Gasteiger partial charge in [0.1, 0.15) is 19.3 Å². The zero-order valence-electron chi connectivity index (χ0n) is 30.8. The van der Waals surface area contributed by atoms with Gasteiger partial charge in [0.2, 0.25) is 0 Å². The van der Waals surface area contributed by atoms with Crippen molar-refractivity contribution in [3.05, 3.63) is 48.6 Å². The third kappa shape index (κ3) is 38.2. The third-order valence-electron chi connectivity index (χ3n) is 8.29. The zero-order valence-corrected chi connectivity index (χ0v) is 30.8. The van der Waals surface area contributed by atoms with E-state index in [1.807, 2.05) is 0 Å². The first-order valence-corrected chi connectivity index (χ1v) is 19.7. The van der Waals surface area contributed by atoms with Gasteiger partial charge >= 0.3 is 11.9 Å². The van der Waals surface area contributed by atoms with E-state index in [2.05, 4.69) is 62.5 Å². The number of carbonyl (C=O) groups is 2. The average Bonchev–Trinajstić information content (AvgIpc) is 3.07. The molecule has 5 nitrogen and oxygen atoms in total. The highest BCUT2D eigenvalue weighted by atomic mass is 16.6. The Hall–Kier alpha value is -2.14. The molecule has 0 aromatic rings. The molecule has 0 amide bonds. The van der Waals surface area contributed by atoms with Gasteiger partial charge in [-0.2, -0.15) is 0 Å². The van der Waals surface area contributed by atoms with Crippen LogP contribution in [-0.2, 0) is 19.1 Å². The van der Waals surface area contributed by atoms with Crippen molar-refractivity contribution >= 4 is 11.9 Å². The number of hydrogen-bond donors (Lipinski definition) is 1. The molecule has 0 saturated carbocycles. The molecule has 0 aliphatic heterocycles. The molecule has 47 heavy (non-hydrogen) atoms. The van der Waals surface area contributed by atoms with E-state index in [9.17, 15) is 14.7 Å². The molecular weight excluding hydrogens is 584 g/mol. The minimum atomic E-state index is -0.973. The number of carbonyl (C=O) groups excluding carboxylic acids is 2. The Kier molecular flexibility index (Phi) is 36.6. The smallest absolute Gasteiger partial charge is 0.305 e. The lowest BCUT2D eigenvalue weighted by Crippen LogP contribution is -2.25. The molecule has 0 radical (unpaired) electrons. The molecule has 5 heteroatoms. The maximum Gasteiger partial charge on any atom is 0.305 e. The van der Waals surface area contributed by atoms with Crippen molar-refractivity contribution in [3.63, 3.8) is 0 Å². The summed E-state index contributed by atoms with van der Waals surface area (Å²) in [6.07, 6.45) is 47.3. The van der Waals surface area contributed by atoms with Crippen molar-refractivity contribution in [1.29, 1.82) is 0 Å². The Morgan fingerprint density at radius 1 is 0.447 bits per heavy atom. The van der Waals surface area contributed by atoms with Gasteiger partial charge in [-0.25, -0.2) is 0 Å². The molecule has 0 rings (SSSR count). The molecule has 0 aliphatic rings. The minimum absolute atomic E-state index is 0.125. The largest absolute Gasteiger partial charge is 0.463 e. The summed E-state index contributed by atoms with van der Waals surface area (Å²) in [5.41, 5.74) is 0. The maximum atomic E-state index is 12.0. The molecule has 1 atom stereocenters. The van der Waals surface area contributed by atoms with Crippen LogP contribution in [0.5, 0.6) is 0 Å². The fourth-order valence-corrected chi connectivity index (χ4v) is 5.26. The Balaban J connectivity index is 3.48. The van der Waals surface area contributed by atoms with Crippen LogP contribution in [0.1, 0.15) is 187 Å². The SMILES string of the molecule is CCCCC/C=C\C/C=C\CCCCCCCCCC(=O)OC[C@H](O)COC(=O)CCCCCCC/C=C\C/C=C\CCCCCC. The number of hydrogen-bond acceptors (Lipinski definition) is 5. The lowest BCUT2D eigenvalue weighted by Gasteiger charge is -2.12. The molecule has 0 heterocycles. The third-order valence-corrected chi connectivity index (χ3v) is 8.29. The minimum Gasteiger partial charge on any atom is -0.463 e. The topological polar surface area (TPSA) is 72.8 Å². The molecule has 0 saturated heterocycles. The van der Waals surface area contributed by atoms with Crippen molar-refractivity contribution in [3.8, 4) is 0 Å². The van der Waals surface area contributed by atoms with Crippen LogP contribution in [0.4, 0.5) is 0 Å². The molecule has 0 spiro atoms. The van der Waals surface area contributed by atoms with Gasteiger partial charge in [-0.1, -0.05) is 146 Å². The van der Waals surface area contributed by atoms with Gasteiger partial charge in [-0.15, -0.1) is 0 Å². The second-order valence-electron chi connectivity index (χ2n) is 13.0. The normalized spacial score (nSPS) is 12.7. The first-order valence-electron chi connectivity index (χ1n) is 19.7. The molecule has 272 valence electrons. The number of allylic oxidation sites excluding steroid dienone is 8. The monoisotopic (exact) mass is 659 g/mol. The molecule has 0 unspecified atom stereocenters. The summed E-state index contributed by atoms with van der Waals surface area (Å²) in [7, 11) is 0. The number of unbranched alkanes of at least 4 members (excludes halogenated alkanes) is 19. The second-order valence-corrected chi connectivity index (χ2v) is 13.0. The summed E-state index contributed by atoms with van der Waals surface area (Å²) >= 11 is 0. The quantitative estimate of drug-likeness (QED) is 0.0417. The number of aliphatic hydroxyl groups excluding tert-OH is 1. The van der Waals surface area contributed by atoms with E-state index < -0.39 is 6.10 Å². The van der Waals surface area contributed by atoms with Gasteiger partial charge in [0, 0.05) is 12.8 Å². The van der Waals surface area contributed by atoms with Crippen molar-refractivity contribution in [1.82, 2.24) is 0 Å². The van der Waals surface area contributed by atoms with Gasteiger partial charge in [0.15, 0.2) is 0 Å². The van der Waals surface area contributed by atoms with Crippen LogP contribution in [0.3, 0.4) is 0 Å². The molecular formula is C42H74O5. The maximum absolute atomic E-state index is 12.0. The van der Waals surface area contributed by atoms with Crippen LogP contribution >= 0.6 is 0 Å². The van der Waals surface area contributed by atoms with Crippen molar-refractivity contribution in [2.45, 2.75) is 193 Å².